The van der Waals surface area contributed by atoms with E-state index in [-0.39, 0.29) is 5.56 Å². The van der Waals surface area contributed by atoms with Crippen LogP contribution in [-0.2, 0) is 13.1 Å². The zero-order valence-electron chi connectivity index (χ0n) is 14.7. The first kappa shape index (κ1) is 17.2. The van der Waals surface area contributed by atoms with Crippen LogP contribution < -0.4 is 10.3 Å². The SMILES string of the molecule is COc1ccc(CCCN(C)Cn2ncc3ccccc3c2=O)cc1. The molecule has 0 saturated heterocycles. The van der Waals surface area contributed by atoms with Gasteiger partial charge in [0, 0.05) is 5.39 Å². The molecule has 0 N–H and O–H groups in total. The first-order chi connectivity index (χ1) is 12.2. The molecule has 5 heteroatoms. The van der Waals surface area contributed by atoms with E-state index >= 15 is 0 Å². The maximum absolute atomic E-state index is 12.5. The van der Waals surface area contributed by atoms with Gasteiger partial charge in [-0.1, -0.05) is 30.3 Å². The van der Waals surface area contributed by atoms with Crippen molar-refractivity contribution in [1.29, 1.82) is 0 Å². The second kappa shape index (κ2) is 7.94. The highest BCUT2D eigenvalue weighted by Gasteiger charge is 2.06. The largest absolute Gasteiger partial charge is 0.497 e. The van der Waals surface area contributed by atoms with E-state index in [1.807, 2.05) is 43.4 Å². The summed E-state index contributed by atoms with van der Waals surface area (Å²) in [5.74, 6) is 0.877. The summed E-state index contributed by atoms with van der Waals surface area (Å²) < 4.78 is 6.70. The number of nitrogens with zero attached hydrogens (tertiary/aromatic N) is 3. The molecular formula is C20H23N3O2. The van der Waals surface area contributed by atoms with E-state index < -0.39 is 0 Å². The number of methoxy groups -OCH3 is 1. The normalized spacial score (nSPS) is 11.2. The number of ether oxygens (including phenoxy) is 1. The molecule has 2 aromatic carbocycles. The zero-order chi connectivity index (χ0) is 17.6. The summed E-state index contributed by atoms with van der Waals surface area (Å²) in [4.78, 5) is 14.6. The van der Waals surface area contributed by atoms with Gasteiger partial charge in [-0.15, -0.1) is 0 Å². The Hall–Kier alpha value is -2.66. The molecule has 0 saturated carbocycles. The van der Waals surface area contributed by atoms with Crippen molar-refractivity contribution in [1.82, 2.24) is 14.7 Å². The van der Waals surface area contributed by atoms with E-state index in [9.17, 15) is 4.79 Å². The van der Waals surface area contributed by atoms with Crippen LogP contribution in [0.3, 0.4) is 0 Å². The van der Waals surface area contributed by atoms with E-state index in [2.05, 4.69) is 22.1 Å². The minimum Gasteiger partial charge on any atom is -0.497 e. The first-order valence-corrected chi connectivity index (χ1v) is 8.44. The van der Waals surface area contributed by atoms with Crippen molar-refractivity contribution in [3.8, 4) is 5.75 Å². The first-order valence-electron chi connectivity index (χ1n) is 8.44. The van der Waals surface area contributed by atoms with Crippen LogP contribution in [0.15, 0.2) is 59.5 Å². The Kier molecular flexibility index (Phi) is 5.46. The number of rotatable bonds is 7. The molecular weight excluding hydrogens is 314 g/mol. The Morgan fingerprint density at radius 2 is 1.88 bits per heavy atom. The van der Waals surface area contributed by atoms with Gasteiger partial charge >= 0.3 is 0 Å². The Morgan fingerprint density at radius 3 is 2.64 bits per heavy atom. The van der Waals surface area contributed by atoms with Gasteiger partial charge in [0.05, 0.1) is 25.4 Å². The molecule has 0 spiro atoms. The van der Waals surface area contributed by atoms with Crippen molar-refractivity contribution < 1.29 is 4.74 Å². The molecule has 1 aromatic heterocycles. The third kappa shape index (κ3) is 4.25. The Balaban J connectivity index is 1.56. The van der Waals surface area contributed by atoms with E-state index in [1.165, 1.54) is 10.2 Å². The van der Waals surface area contributed by atoms with Crippen molar-refractivity contribution in [3.63, 3.8) is 0 Å². The molecule has 0 radical (unpaired) electrons. The molecule has 130 valence electrons. The van der Waals surface area contributed by atoms with Crippen LogP contribution in [-0.4, -0.2) is 35.4 Å². The molecule has 25 heavy (non-hydrogen) atoms. The zero-order valence-corrected chi connectivity index (χ0v) is 14.7. The lowest BCUT2D eigenvalue weighted by molar-refractivity contribution is 0.246. The maximum atomic E-state index is 12.5. The highest BCUT2D eigenvalue weighted by Crippen LogP contribution is 2.12. The van der Waals surface area contributed by atoms with E-state index in [1.54, 1.807) is 13.3 Å². The summed E-state index contributed by atoms with van der Waals surface area (Å²) in [6.45, 7) is 1.39. The van der Waals surface area contributed by atoms with Gasteiger partial charge in [-0.3, -0.25) is 9.69 Å². The summed E-state index contributed by atoms with van der Waals surface area (Å²) in [5.41, 5.74) is 1.25. The molecule has 0 bridgehead atoms. The number of benzene rings is 2. The molecule has 0 aliphatic rings. The molecule has 0 aliphatic heterocycles. The van der Waals surface area contributed by atoms with Crippen molar-refractivity contribution in [2.45, 2.75) is 19.5 Å². The fourth-order valence-electron chi connectivity index (χ4n) is 2.87. The van der Waals surface area contributed by atoms with Gasteiger partial charge in [0.1, 0.15) is 5.75 Å². The predicted molar refractivity (Wildman–Crippen MR) is 99.9 cm³/mol. The van der Waals surface area contributed by atoms with Crippen LogP contribution >= 0.6 is 0 Å². The summed E-state index contributed by atoms with van der Waals surface area (Å²) in [6.07, 6.45) is 3.77. The molecule has 0 amide bonds. The van der Waals surface area contributed by atoms with Crippen LogP contribution in [0.1, 0.15) is 12.0 Å². The molecule has 0 unspecified atom stereocenters. The average molecular weight is 337 g/mol. The summed E-state index contributed by atoms with van der Waals surface area (Å²) >= 11 is 0. The predicted octanol–water partition coefficient (Wildman–Crippen LogP) is 2.93. The van der Waals surface area contributed by atoms with Crippen molar-refractivity contribution in [2.24, 2.45) is 0 Å². The number of aromatic nitrogens is 2. The van der Waals surface area contributed by atoms with Crippen molar-refractivity contribution in [3.05, 3.63) is 70.6 Å². The lowest BCUT2D eigenvalue weighted by Crippen LogP contribution is -2.32. The Labute approximate surface area is 147 Å². The third-order valence-electron chi connectivity index (χ3n) is 4.30. The second-order valence-corrected chi connectivity index (χ2v) is 6.21. The highest BCUT2D eigenvalue weighted by atomic mass is 16.5. The molecule has 3 aromatic rings. The van der Waals surface area contributed by atoms with Crippen LogP contribution in [0.25, 0.3) is 10.8 Å². The Morgan fingerprint density at radius 1 is 1.12 bits per heavy atom. The monoisotopic (exact) mass is 337 g/mol. The highest BCUT2D eigenvalue weighted by molar-refractivity contribution is 5.80. The molecule has 0 atom stereocenters. The summed E-state index contributed by atoms with van der Waals surface area (Å²) in [5, 5.41) is 5.87. The van der Waals surface area contributed by atoms with E-state index in [4.69, 9.17) is 4.74 Å². The van der Waals surface area contributed by atoms with Gasteiger partial charge < -0.3 is 4.74 Å². The maximum Gasteiger partial charge on any atom is 0.275 e. The lowest BCUT2D eigenvalue weighted by Gasteiger charge is -2.17. The van der Waals surface area contributed by atoms with E-state index in [0.29, 0.717) is 12.1 Å². The number of hydrogen-bond acceptors (Lipinski definition) is 4. The van der Waals surface area contributed by atoms with Gasteiger partial charge in [-0.2, -0.15) is 5.10 Å². The smallest absolute Gasteiger partial charge is 0.275 e. The quantitative estimate of drug-likeness (QED) is 0.665. The molecule has 0 fully saturated rings. The molecule has 1 heterocycles. The Bertz CT molecular complexity index is 887. The topological polar surface area (TPSA) is 47.4 Å². The van der Waals surface area contributed by atoms with Crippen molar-refractivity contribution in [2.75, 3.05) is 20.7 Å². The number of hydrogen-bond donors (Lipinski definition) is 0. The standard InChI is InChI=1S/C20H23N3O2/c1-22(13-5-6-16-9-11-18(25-2)12-10-16)15-23-20(24)19-8-4-3-7-17(19)14-21-23/h3-4,7-12,14H,5-6,13,15H2,1-2H3. The number of fused-ring (bicyclic) bond motifs is 1. The van der Waals surface area contributed by atoms with Gasteiger partial charge in [-0.25, -0.2) is 4.68 Å². The van der Waals surface area contributed by atoms with E-state index in [0.717, 1.165) is 30.5 Å². The summed E-state index contributed by atoms with van der Waals surface area (Å²) in [7, 11) is 3.68. The minimum atomic E-state index is -0.0416. The molecule has 0 aliphatic carbocycles. The van der Waals surface area contributed by atoms with Crippen LogP contribution in [0.4, 0.5) is 0 Å². The van der Waals surface area contributed by atoms with Gasteiger partial charge in [0.25, 0.3) is 5.56 Å². The van der Waals surface area contributed by atoms with Gasteiger partial charge in [0.2, 0.25) is 0 Å². The summed E-state index contributed by atoms with van der Waals surface area (Å²) in [6, 6.07) is 15.7. The van der Waals surface area contributed by atoms with Crippen LogP contribution in [0.2, 0.25) is 0 Å². The van der Waals surface area contributed by atoms with Gasteiger partial charge in [0.15, 0.2) is 0 Å². The molecule has 3 rings (SSSR count). The minimum absolute atomic E-state index is 0.0416. The fourth-order valence-corrected chi connectivity index (χ4v) is 2.87. The number of aryl methyl sites for hydroxylation is 1. The van der Waals surface area contributed by atoms with Gasteiger partial charge in [-0.05, 0) is 50.2 Å². The second-order valence-electron chi connectivity index (χ2n) is 6.21. The fraction of sp³-hybridized carbons (Fsp3) is 0.300. The van der Waals surface area contributed by atoms with Crippen LogP contribution in [0.5, 0.6) is 5.75 Å². The molecule has 5 nitrogen and oxygen atoms in total. The van der Waals surface area contributed by atoms with Crippen molar-refractivity contribution >= 4 is 10.8 Å². The lowest BCUT2D eigenvalue weighted by atomic mass is 10.1. The third-order valence-corrected chi connectivity index (χ3v) is 4.30. The van der Waals surface area contributed by atoms with Crippen LogP contribution in [0, 0.1) is 0 Å². The average Bonchev–Trinajstić information content (AvgIpc) is 2.65.